The number of benzene rings is 2. The first-order chi connectivity index (χ1) is 15.5. The van der Waals surface area contributed by atoms with Crippen molar-refractivity contribution in [2.45, 2.75) is 18.0 Å². The number of Topliss-reactive ketones (excluding diaryl/α,β-unsaturated/α-hetero) is 2. The average Bonchev–Trinajstić information content (AvgIpc) is 3.37. The molecule has 2 fully saturated rings. The average molecular weight is 451 g/mol. The lowest BCUT2D eigenvalue weighted by Crippen LogP contribution is -2.59. The monoisotopic (exact) mass is 450 g/mol. The third-order valence-electron chi connectivity index (χ3n) is 6.76. The third-order valence-corrected chi connectivity index (χ3v) is 7.40. The molecule has 0 aromatic heterocycles. The first kappa shape index (κ1) is 20.9. The van der Waals surface area contributed by atoms with Crippen LogP contribution < -0.4 is 15.0 Å². The summed E-state index contributed by atoms with van der Waals surface area (Å²) in [7, 11) is 1.53. The van der Waals surface area contributed by atoms with E-state index in [4.69, 9.17) is 4.74 Å². The van der Waals surface area contributed by atoms with Gasteiger partial charge in [0.2, 0.25) is 11.8 Å². The van der Waals surface area contributed by atoms with Crippen molar-refractivity contribution in [3.63, 3.8) is 0 Å². The topological polar surface area (TPSA) is 92.8 Å². The number of carbonyl (C=O) groups is 4. The molecule has 164 valence electrons. The number of nitrogens with zero attached hydrogens (tertiary/aromatic N) is 1. The van der Waals surface area contributed by atoms with E-state index in [2.05, 4.69) is 5.32 Å². The highest BCUT2D eigenvalue weighted by atomic mass is 32.2. The quantitative estimate of drug-likeness (QED) is 0.552. The van der Waals surface area contributed by atoms with Gasteiger partial charge in [-0.3, -0.25) is 24.5 Å². The van der Waals surface area contributed by atoms with Crippen LogP contribution in [0.2, 0.25) is 0 Å². The van der Waals surface area contributed by atoms with E-state index in [0.29, 0.717) is 29.0 Å². The first-order valence-electron chi connectivity index (χ1n) is 10.4. The summed E-state index contributed by atoms with van der Waals surface area (Å²) in [5, 5.41) is 3.20. The minimum atomic E-state index is -1.73. The molecule has 2 aromatic carbocycles. The molecule has 0 bridgehead atoms. The van der Waals surface area contributed by atoms with Gasteiger partial charge >= 0.3 is 0 Å². The predicted octanol–water partition coefficient (Wildman–Crippen LogP) is 2.34. The molecule has 8 heteroatoms. The molecule has 32 heavy (non-hydrogen) atoms. The first-order valence-corrected chi connectivity index (χ1v) is 11.8. The van der Waals surface area contributed by atoms with Gasteiger partial charge in [0, 0.05) is 17.2 Å². The Balaban J connectivity index is 1.61. The van der Waals surface area contributed by atoms with E-state index in [0.717, 1.165) is 10.7 Å². The van der Waals surface area contributed by atoms with Gasteiger partial charge in [0.15, 0.2) is 17.1 Å². The van der Waals surface area contributed by atoms with Crippen LogP contribution in [0.1, 0.15) is 27.1 Å². The number of ether oxygens (including phenoxy) is 1. The van der Waals surface area contributed by atoms with Gasteiger partial charge in [0.25, 0.3) is 0 Å². The number of nitrogens with one attached hydrogen (secondary N) is 1. The standard InChI is InChI=1S/C24H22N2O5S/c1-31-14-9-7-13(8-10-14)26-22(29)18-17(11-12-32-2)25-24(19(18)23(26)30)20(27)15-5-3-4-6-16(15)21(24)28/h3-10,17-19,25H,11-12H2,1-2H3. The van der Waals surface area contributed by atoms with Crippen LogP contribution in [-0.4, -0.2) is 54.1 Å². The number of amides is 2. The van der Waals surface area contributed by atoms with Gasteiger partial charge in [0.05, 0.1) is 24.6 Å². The van der Waals surface area contributed by atoms with Crippen molar-refractivity contribution < 1.29 is 23.9 Å². The van der Waals surface area contributed by atoms with Crippen LogP contribution in [0.4, 0.5) is 5.69 Å². The van der Waals surface area contributed by atoms with Gasteiger partial charge in [-0.05, 0) is 42.7 Å². The summed E-state index contributed by atoms with van der Waals surface area (Å²) in [6, 6.07) is 12.8. The highest BCUT2D eigenvalue weighted by molar-refractivity contribution is 7.98. The summed E-state index contributed by atoms with van der Waals surface area (Å²) in [5.74, 6) is -2.25. The van der Waals surface area contributed by atoms with Crippen LogP contribution in [0.5, 0.6) is 5.75 Å². The molecule has 1 spiro atoms. The molecule has 7 nitrogen and oxygen atoms in total. The number of imide groups is 1. The number of thioether (sulfide) groups is 1. The molecule has 2 amide bonds. The molecule has 3 unspecified atom stereocenters. The van der Waals surface area contributed by atoms with E-state index in [-0.39, 0.29) is 5.91 Å². The molecule has 1 N–H and O–H groups in total. The SMILES string of the molecule is COc1ccc(N2C(=O)C3C(CCSC)NC4(C(=O)c5ccccc5C4=O)C3C2=O)cc1. The Morgan fingerprint density at radius 1 is 0.969 bits per heavy atom. The van der Waals surface area contributed by atoms with Crippen LogP contribution in [0.15, 0.2) is 48.5 Å². The van der Waals surface area contributed by atoms with Gasteiger partial charge in [-0.2, -0.15) is 11.8 Å². The molecule has 0 saturated carbocycles. The van der Waals surface area contributed by atoms with E-state index < -0.39 is 40.9 Å². The lowest BCUT2D eigenvalue weighted by Gasteiger charge is -2.28. The van der Waals surface area contributed by atoms with Crippen molar-refractivity contribution in [1.29, 1.82) is 0 Å². The third kappa shape index (κ3) is 2.66. The van der Waals surface area contributed by atoms with E-state index in [1.165, 1.54) is 7.11 Å². The number of methoxy groups -OCH3 is 1. The molecular weight excluding hydrogens is 428 g/mol. The number of carbonyl (C=O) groups excluding carboxylic acids is 4. The largest absolute Gasteiger partial charge is 0.497 e. The zero-order valence-corrected chi connectivity index (χ0v) is 18.5. The number of anilines is 1. The smallest absolute Gasteiger partial charge is 0.240 e. The van der Waals surface area contributed by atoms with Crippen LogP contribution in [0, 0.1) is 11.8 Å². The minimum absolute atomic E-state index is 0.303. The molecule has 3 aliphatic rings. The molecule has 2 heterocycles. The highest BCUT2D eigenvalue weighted by Crippen LogP contribution is 2.50. The summed E-state index contributed by atoms with van der Waals surface area (Å²) in [5.41, 5.74) is -0.718. The van der Waals surface area contributed by atoms with Gasteiger partial charge < -0.3 is 4.74 Å². The molecule has 2 aliphatic heterocycles. The van der Waals surface area contributed by atoms with Crippen LogP contribution in [-0.2, 0) is 9.59 Å². The molecule has 2 saturated heterocycles. The molecule has 5 rings (SSSR count). The highest BCUT2D eigenvalue weighted by Gasteiger charge is 2.72. The lowest BCUT2D eigenvalue weighted by atomic mass is 9.77. The van der Waals surface area contributed by atoms with Gasteiger partial charge in [-0.1, -0.05) is 24.3 Å². The summed E-state index contributed by atoms with van der Waals surface area (Å²) >= 11 is 1.61. The van der Waals surface area contributed by atoms with Crippen LogP contribution in [0.3, 0.4) is 0 Å². The second-order valence-corrected chi connectivity index (χ2v) is 9.24. The number of fused-ring (bicyclic) bond motifs is 3. The Kier molecular flexibility index (Phi) is 4.94. The molecule has 0 radical (unpaired) electrons. The fourth-order valence-electron chi connectivity index (χ4n) is 5.33. The van der Waals surface area contributed by atoms with E-state index in [1.54, 1.807) is 60.3 Å². The molecule has 2 aromatic rings. The number of hydrogen-bond acceptors (Lipinski definition) is 7. The van der Waals surface area contributed by atoms with Gasteiger partial charge in [-0.25, -0.2) is 4.90 Å². The lowest BCUT2D eigenvalue weighted by molar-refractivity contribution is -0.123. The molecular formula is C24H22N2O5S. The van der Waals surface area contributed by atoms with Crippen molar-refractivity contribution in [2.24, 2.45) is 11.8 Å². The second kappa shape index (κ2) is 7.56. The van der Waals surface area contributed by atoms with Crippen molar-refractivity contribution in [2.75, 3.05) is 24.0 Å². The van der Waals surface area contributed by atoms with Crippen molar-refractivity contribution in [1.82, 2.24) is 5.32 Å². The molecule has 3 atom stereocenters. The summed E-state index contributed by atoms with van der Waals surface area (Å²) < 4.78 is 5.17. The fraction of sp³-hybridized carbons (Fsp3) is 0.333. The second-order valence-electron chi connectivity index (χ2n) is 8.26. The van der Waals surface area contributed by atoms with Crippen LogP contribution in [0.25, 0.3) is 0 Å². The Morgan fingerprint density at radius 3 is 2.16 bits per heavy atom. The predicted molar refractivity (Wildman–Crippen MR) is 120 cm³/mol. The Labute approximate surface area is 189 Å². The maximum atomic E-state index is 13.7. The minimum Gasteiger partial charge on any atom is -0.497 e. The number of ketones is 2. The van der Waals surface area contributed by atoms with Crippen LogP contribution >= 0.6 is 11.8 Å². The van der Waals surface area contributed by atoms with Gasteiger partial charge in [-0.15, -0.1) is 0 Å². The zero-order chi connectivity index (χ0) is 22.6. The Hall–Kier alpha value is -2.97. The van der Waals surface area contributed by atoms with Crippen molar-refractivity contribution in [3.8, 4) is 5.75 Å². The van der Waals surface area contributed by atoms with E-state index >= 15 is 0 Å². The normalized spacial score (nSPS) is 25.6. The van der Waals surface area contributed by atoms with Crippen molar-refractivity contribution >= 4 is 40.8 Å². The Bertz CT molecular complexity index is 1110. The van der Waals surface area contributed by atoms with E-state index in [1.807, 2.05) is 6.26 Å². The summed E-state index contributed by atoms with van der Waals surface area (Å²) in [6.07, 6.45) is 2.52. The summed E-state index contributed by atoms with van der Waals surface area (Å²) in [4.78, 5) is 55.6. The Morgan fingerprint density at radius 2 is 1.59 bits per heavy atom. The van der Waals surface area contributed by atoms with Gasteiger partial charge in [0.1, 0.15) is 5.75 Å². The number of rotatable bonds is 5. The van der Waals surface area contributed by atoms with Crippen molar-refractivity contribution in [3.05, 3.63) is 59.7 Å². The number of hydrogen-bond donors (Lipinski definition) is 1. The maximum absolute atomic E-state index is 13.7. The fourth-order valence-corrected chi connectivity index (χ4v) is 5.82. The van der Waals surface area contributed by atoms with E-state index in [9.17, 15) is 19.2 Å². The summed E-state index contributed by atoms with van der Waals surface area (Å²) in [6.45, 7) is 0. The molecule has 1 aliphatic carbocycles. The maximum Gasteiger partial charge on any atom is 0.240 e. The zero-order valence-electron chi connectivity index (χ0n) is 17.7.